The van der Waals surface area contributed by atoms with Crippen LogP contribution in [0.4, 0.5) is 0 Å². The minimum atomic E-state index is -3.70. The molecule has 0 bridgehead atoms. The molecule has 2 rings (SSSR count). The lowest BCUT2D eigenvalue weighted by molar-refractivity contribution is 0.0949. The van der Waals surface area contributed by atoms with E-state index in [0.29, 0.717) is 6.54 Å². The molecule has 0 fully saturated rings. The Morgan fingerprint density at radius 1 is 1.08 bits per heavy atom. The highest BCUT2D eigenvalue weighted by molar-refractivity contribution is 7.86. The summed E-state index contributed by atoms with van der Waals surface area (Å²) in [6.45, 7) is 6.15. The van der Waals surface area contributed by atoms with Gasteiger partial charge in [-0.05, 0) is 30.2 Å². The van der Waals surface area contributed by atoms with Gasteiger partial charge in [-0.2, -0.15) is 8.42 Å². The van der Waals surface area contributed by atoms with Crippen molar-refractivity contribution >= 4 is 16.0 Å². The molecule has 0 aliphatic heterocycles. The first-order valence-corrected chi connectivity index (χ1v) is 9.49. The van der Waals surface area contributed by atoms with Crippen LogP contribution >= 0.6 is 0 Å². The third-order valence-corrected chi connectivity index (χ3v) is 3.40. The molecule has 0 radical (unpaired) electrons. The van der Waals surface area contributed by atoms with Crippen molar-refractivity contribution in [1.82, 2.24) is 5.32 Å². The maximum atomic E-state index is 12.3. The average Bonchev–Trinajstić information content (AvgIpc) is 2.54. The van der Waals surface area contributed by atoms with Crippen molar-refractivity contribution in [2.75, 3.05) is 6.26 Å². The predicted molar refractivity (Wildman–Crippen MR) is 95.6 cm³/mol. The van der Waals surface area contributed by atoms with Crippen LogP contribution in [-0.4, -0.2) is 20.6 Å². The Morgan fingerprint density at radius 2 is 1.71 bits per heavy atom. The van der Waals surface area contributed by atoms with Gasteiger partial charge in [0.1, 0.15) is 0 Å². The molecule has 0 spiro atoms. The van der Waals surface area contributed by atoms with E-state index in [-0.39, 0.29) is 17.2 Å². The summed E-state index contributed by atoms with van der Waals surface area (Å²) in [4.78, 5) is 12.3. The SMILES string of the molecule is CC.Cc1ccc(C(=O)NCc2ccccc2)c(OS(C)(=O)=O)c1. The summed E-state index contributed by atoms with van der Waals surface area (Å²) >= 11 is 0. The quantitative estimate of drug-likeness (QED) is 0.841. The van der Waals surface area contributed by atoms with Gasteiger partial charge in [-0.1, -0.05) is 50.2 Å². The number of aryl methyl sites for hydroxylation is 1. The molecule has 130 valence electrons. The molecule has 2 aromatic carbocycles. The molecule has 0 atom stereocenters. The van der Waals surface area contributed by atoms with Gasteiger partial charge in [-0.3, -0.25) is 4.79 Å². The van der Waals surface area contributed by atoms with Gasteiger partial charge < -0.3 is 9.50 Å². The molecule has 5 nitrogen and oxygen atoms in total. The molecule has 0 saturated heterocycles. The maximum Gasteiger partial charge on any atom is 0.306 e. The lowest BCUT2D eigenvalue weighted by Gasteiger charge is -2.11. The minimum absolute atomic E-state index is 0.0352. The highest BCUT2D eigenvalue weighted by Gasteiger charge is 2.16. The molecule has 0 aliphatic carbocycles. The highest BCUT2D eigenvalue weighted by Crippen LogP contribution is 2.22. The molecule has 0 heterocycles. The first kappa shape index (κ1) is 19.7. The Labute approximate surface area is 143 Å². The zero-order valence-corrected chi connectivity index (χ0v) is 15.2. The number of amides is 1. The molecular weight excluding hydrogens is 326 g/mol. The van der Waals surface area contributed by atoms with Gasteiger partial charge >= 0.3 is 10.1 Å². The van der Waals surface area contributed by atoms with Crippen molar-refractivity contribution in [2.24, 2.45) is 0 Å². The zero-order valence-electron chi connectivity index (χ0n) is 14.4. The summed E-state index contributed by atoms with van der Waals surface area (Å²) in [5.41, 5.74) is 1.94. The fraction of sp³-hybridized carbons (Fsp3) is 0.278. The van der Waals surface area contributed by atoms with Gasteiger partial charge in [0.15, 0.2) is 5.75 Å². The Kier molecular flexibility index (Phi) is 7.45. The zero-order chi connectivity index (χ0) is 18.2. The number of nitrogens with one attached hydrogen (secondary N) is 1. The normalized spacial score (nSPS) is 10.3. The van der Waals surface area contributed by atoms with Gasteiger partial charge in [-0.15, -0.1) is 0 Å². The Balaban J connectivity index is 0.00000139. The first-order chi connectivity index (χ1) is 11.3. The highest BCUT2D eigenvalue weighted by atomic mass is 32.2. The fourth-order valence-electron chi connectivity index (χ4n) is 1.92. The fourth-order valence-corrected chi connectivity index (χ4v) is 2.39. The van der Waals surface area contributed by atoms with E-state index in [1.807, 2.05) is 44.2 Å². The van der Waals surface area contributed by atoms with Crippen molar-refractivity contribution < 1.29 is 17.4 Å². The maximum absolute atomic E-state index is 12.3. The van der Waals surface area contributed by atoms with Gasteiger partial charge in [0.2, 0.25) is 0 Å². The second kappa shape index (κ2) is 9.08. The monoisotopic (exact) mass is 349 g/mol. The number of rotatable bonds is 5. The Bertz CT molecular complexity index is 771. The lowest BCUT2D eigenvalue weighted by Crippen LogP contribution is -2.24. The minimum Gasteiger partial charge on any atom is -0.382 e. The van der Waals surface area contributed by atoms with E-state index >= 15 is 0 Å². The van der Waals surface area contributed by atoms with Crippen molar-refractivity contribution in [3.63, 3.8) is 0 Å². The molecule has 24 heavy (non-hydrogen) atoms. The largest absolute Gasteiger partial charge is 0.382 e. The van der Waals surface area contributed by atoms with Crippen molar-refractivity contribution in [2.45, 2.75) is 27.3 Å². The number of benzene rings is 2. The molecule has 0 aliphatic rings. The van der Waals surface area contributed by atoms with Crippen LogP contribution in [0.5, 0.6) is 5.75 Å². The standard InChI is InChI=1S/C16H17NO4S.C2H6/c1-12-8-9-14(15(10-12)21-22(2,19)20)16(18)17-11-13-6-4-3-5-7-13;1-2/h3-10H,11H2,1-2H3,(H,17,18);1-2H3. The number of hydrogen-bond donors (Lipinski definition) is 1. The summed E-state index contributed by atoms with van der Waals surface area (Å²) < 4.78 is 27.5. The first-order valence-electron chi connectivity index (χ1n) is 7.67. The van der Waals surface area contributed by atoms with Crippen LogP contribution in [0.3, 0.4) is 0 Å². The molecule has 0 unspecified atom stereocenters. The smallest absolute Gasteiger partial charge is 0.306 e. The number of hydrogen-bond acceptors (Lipinski definition) is 4. The Hall–Kier alpha value is -2.34. The van der Waals surface area contributed by atoms with Crippen LogP contribution in [-0.2, 0) is 16.7 Å². The molecule has 0 saturated carbocycles. The van der Waals surface area contributed by atoms with E-state index in [9.17, 15) is 13.2 Å². The second-order valence-electron chi connectivity index (χ2n) is 4.96. The van der Waals surface area contributed by atoms with Crippen LogP contribution in [0, 0.1) is 6.92 Å². The van der Waals surface area contributed by atoms with Gasteiger partial charge in [0, 0.05) is 6.54 Å². The van der Waals surface area contributed by atoms with E-state index < -0.39 is 10.1 Å². The summed E-state index contributed by atoms with van der Waals surface area (Å²) in [5.74, 6) is -0.351. The molecule has 2 aromatic rings. The van der Waals surface area contributed by atoms with Gasteiger partial charge in [0.25, 0.3) is 5.91 Å². The van der Waals surface area contributed by atoms with Crippen LogP contribution in [0.1, 0.15) is 35.3 Å². The van der Waals surface area contributed by atoms with Crippen LogP contribution in [0.2, 0.25) is 0 Å². The third-order valence-electron chi connectivity index (χ3n) is 2.92. The molecule has 1 amide bonds. The molecule has 0 aromatic heterocycles. The van der Waals surface area contributed by atoms with Crippen molar-refractivity contribution in [3.05, 3.63) is 65.2 Å². The summed E-state index contributed by atoms with van der Waals surface area (Å²) in [7, 11) is -3.70. The average molecular weight is 349 g/mol. The van der Waals surface area contributed by atoms with E-state index in [4.69, 9.17) is 4.18 Å². The van der Waals surface area contributed by atoms with Gasteiger partial charge in [-0.25, -0.2) is 0 Å². The number of carbonyl (C=O) groups excluding carboxylic acids is 1. The van der Waals surface area contributed by atoms with Gasteiger partial charge in [0.05, 0.1) is 11.8 Å². The lowest BCUT2D eigenvalue weighted by atomic mass is 10.1. The molecule has 1 N–H and O–H groups in total. The van der Waals surface area contributed by atoms with Crippen LogP contribution < -0.4 is 9.50 Å². The van der Waals surface area contributed by atoms with Crippen molar-refractivity contribution in [3.8, 4) is 5.75 Å². The van der Waals surface area contributed by atoms with Crippen LogP contribution in [0.25, 0.3) is 0 Å². The molecular formula is C18H23NO4S. The molecule has 6 heteroatoms. The second-order valence-corrected chi connectivity index (χ2v) is 6.53. The van der Waals surface area contributed by atoms with E-state index in [1.165, 1.54) is 6.07 Å². The van der Waals surface area contributed by atoms with E-state index in [2.05, 4.69) is 5.32 Å². The number of carbonyl (C=O) groups is 1. The van der Waals surface area contributed by atoms with E-state index in [0.717, 1.165) is 17.4 Å². The summed E-state index contributed by atoms with van der Waals surface area (Å²) in [5, 5.41) is 2.75. The summed E-state index contributed by atoms with van der Waals surface area (Å²) in [6.07, 6.45) is 0.945. The summed E-state index contributed by atoms with van der Waals surface area (Å²) in [6, 6.07) is 14.2. The van der Waals surface area contributed by atoms with Crippen molar-refractivity contribution in [1.29, 1.82) is 0 Å². The third kappa shape index (κ3) is 6.42. The Morgan fingerprint density at radius 3 is 2.29 bits per heavy atom. The van der Waals surface area contributed by atoms with E-state index in [1.54, 1.807) is 19.1 Å². The predicted octanol–water partition coefficient (Wildman–Crippen LogP) is 3.29. The van der Waals surface area contributed by atoms with Crippen LogP contribution in [0.15, 0.2) is 48.5 Å². The topological polar surface area (TPSA) is 72.5 Å².